The highest BCUT2D eigenvalue weighted by Crippen LogP contribution is 2.29. The van der Waals surface area contributed by atoms with Crippen molar-refractivity contribution >= 4 is 5.78 Å². The first-order chi connectivity index (χ1) is 7.48. The fourth-order valence-corrected chi connectivity index (χ4v) is 2.89. The molecular weight excluding hydrogens is 202 g/mol. The third-order valence-corrected chi connectivity index (χ3v) is 3.89. The van der Waals surface area contributed by atoms with E-state index in [-0.39, 0.29) is 11.5 Å². The van der Waals surface area contributed by atoms with E-state index in [9.17, 15) is 4.79 Å². The van der Waals surface area contributed by atoms with Gasteiger partial charge in [0.15, 0.2) is 0 Å². The summed E-state index contributed by atoms with van der Waals surface area (Å²) in [6, 6.07) is 0.610. The van der Waals surface area contributed by atoms with Crippen LogP contribution in [0.1, 0.15) is 40.0 Å². The van der Waals surface area contributed by atoms with Crippen molar-refractivity contribution in [2.24, 2.45) is 5.92 Å². The van der Waals surface area contributed by atoms with E-state index in [1.807, 2.05) is 0 Å². The van der Waals surface area contributed by atoms with Gasteiger partial charge < -0.3 is 4.74 Å². The van der Waals surface area contributed by atoms with E-state index >= 15 is 0 Å². The topological polar surface area (TPSA) is 29.5 Å². The predicted octanol–water partition coefficient (Wildman–Crippen LogP) is 1.85. The third-order valence-electron chi connectivity index (χ3n) is 3.89. The molecule has 0 aromatic heterocycles. The molecular formula is C13H23NO2. The SMILES string of the molecule is CC1CN(C2CCOC(C)(C)C2)CCC1=O. The summed E-state index contributed by atoms with van der Waals surface area (Å²) in [6.45, 7) is 9.13. The van der Waals surface area contributed by atoms with Gasteiger partial charge in [-0.3, -0.25) is 9.69 Å². The molecule has 0 N–H and O–H groups in total. The van der Waals surface area contributed by atoms with Crippen LogP contribution in [0, 0.1) is 5.92 Å². The zero-order chi connectivity index (χ0) is 11.8. The van der Waals surface area contributed by atoms with Crippen molar-refractivity contribution < 1.29 is 9.53 Å². The van der Waals surface area contributed by atoms with E-state index in [1.54, 1.807) is 0 Å². The Morgan fingerprint density at radius 2 is 2.19 bits per heavy atom. The second-order valence-corrected chi connectivity index (χ2v) is 5.87. The minimum absolute atomic E-state index is 0.00755. The number of Topliss-reactive ketones (excluding diaryl/α,β-unsaturated/α-hetero) is 1. The fourth-order valence-electron chi connectivity index (χ4n) is 2.89. The number of hydrogen-bond donors (Lipinski definition) is 0. The van der Waals surface area contributed by atoms with Gasteiger partial charge in [-0.15, -0.1) is 0 Å². The average Bonchev–Trinajstić information content (AvgIpc) is 2.20. The summed E-state index contributed by atoms with van der Waals surface area (Å²) in [5.41, 5.74) is 0.00755. The van der Waals surface area contributed by atoms with Crippen LogP contribution in [0.3, 0.4) is 0 Å². The van der Waals surface area contributed by atoms with E-state index in [1.165, 1.54) is 0 Å². The molecule has 2 atom stereocenters. The monoisotopic (exact) mass is 225 g/mol. The lowest BCUT2D eigenvalue weighted by Crippen LogP contribution is -2.50. The van der Waals surface area contributed by atoms with Gasteiger partial charge >= 0.3 is 0 Å². The first-order valence-corrected chi connectivity index (χ1v) is 6.39. The standard InChI is InChI=1S/C13H23NO2/c1-10-9-14(6-4-12(10)15)11-5-7-16-13(2,3)8-11/h10-11H,4-9H2,1-3H3. The smallest absolute Gasteiger partial charge is 0.138 e. The molecule has 0 bridgehead atoms. The van der Waals surface area contributed by atoms with Crippen LogP contribution in [0.25, 0.3) is 0 Å². The Kier molecular flexibility index (Phi) is 3.36. The molecule has 2 rings (SSSR count). The number of carbonyl (C=O) groups excluding carboxylic acids is 1. The Labute approximate surface area is 98.1 Å². The molecule has 2 aliphatic rings. The molecule has 0 amide bonds. The van der Waals surface area contributed by atoms with Crippen LogP contribution < -0.4 is 0 Å². The molecule has 3 nitrogen and oxygen atoms in total. The highest BCUT2D eigenvalue weighted by molar-refractivity contribution is 5.81. The quantitative estimate of drug-likeness (QED) is 0.682. The Morgan fingerprint density at radius 3 is 2.81 bits per heavy atom. The number of likely N-dealkylation sites (tertiary alicyclic amines) is 1. The predicted molar refractivity (Wildman–Crippen MR) is 63.4 cm³/mol. The summed E-state index contributed by atoms with van der Waals surface area (Å²) in [4.78, 5) is 14.0. The van der Waals surface area contributed by atoms with Gasteiger partial charge in [-0.1, -0.05) is 6.92 Å². The lowest BCUT2D eigenvalue weighted by atomic mass is 9.89. The number of carbonyl (C=O) groups is 1. The molecule has 2 saturated heterocycles. The van der Waals surface area contributed by atoms with Crippen molar-refractivity contribution in [2.45, 2.75) is 51.7 Å². The maximum Gasteiger partial charge on any atom is 0.138 e. The van der Waals surface area contributed by atoms with Crippen molar-refractivity contribution in [1.82, 2.24) is 4.90 Å². The number of ether oxygens (including phenoxy) is 1. The first-order valence-electron chi connectivity index (χ1n) is 6.39. The number of ketones is 1. The zero-order valence-electron chi connectivity index (χ0n) is 10.7. The molecule has 0 aliphatic carbocycles. The van der Waals surface area contributed by atoms with Crippen LogP contribution in [0.5, 0.6) is 0 Å². The number of nitrogens with zero attached hydrogens (tertiary/aromatic N) is 1. The van der Waals surface area contributed by atoms with Gasteiger partial charge in [0.2, 0.25) is 0 Å². The van der Waals surface area contributed by atoms with Gasteiger partial charge in [0.25, 0.3) is 0 Å². The molecule has 0 radical (unpaired) electrons. The maximum atomic E-state index is 11.5. The number of piperidine rings is 1. The summed E-state index contributed by atoms with van der Waals surface area (Å²) in [7, 11) is 0. The molecule has 0 spiro atoms. The fraction of sp³-hybridized carbons (Fsp3) is 0.923. The van der Waals surface area contributed by atoms with E-state index in [2.05, 4.69) is 25.7 Å². The van der Waals surface area contributed by atoms with Gasteiger partial charge in [0, 0.05) is 38.1 Å². The molecule has 0 aromatic carbocycles. The molecule has 0 saturated carbocycles. The van der Waals surface area contributed by atoms with Crippen LogP contribution in [0.15, 0.2) is 0 Å². The Bertz CT molecular complexity index is 275. The van der Waals surface area contributed by atoms with Crippen molar-refractivity contribution in [3.05, 3.63) is 0 Å². The highest BCUT2D eigenvalue weighted by atomic mass is 16.5. The highest BCUT2D eigenvalue weighted by Gasteiger charge is 2.35. The van der Waals surface area contributed by atoms with Gasteiger partial charge in [-0.25, -0.2) is 0 Å². The van der Waals surface area contributed by atoms with Crippen molar-refractivity contribution in [1.29, 1.82) is 0 Å². The van der Waals surface area contributed by atoms with Crippen LogP contribution in [0.4, 0.5) is 0 Å². The second-order valence-electron chi connectivity index (χ2n) is 5.87. The Morgan fingerprint density at radius 1 is 1.44 bits per heavy atom. The summed E-state index contributed by atoms with van der Waals surface area (Å²) in [5.74, 6) is 0.655. The van der Waals surface area contributed by atoms with E-state index in [0.29, 0.717) is 11.8 Å². The minimum atomic E-state index is 0.00755. The van der Waals surface area contributed by atoms with Crippen LogP contribution in [-0.2, 0) is 9.53 Å². The van der Waals surface area contributed by atoms with Crippen LogP contribution in [-0.4, -0.2) is 42.0 Å². The molecule has 0 aromatic rings. The van der Waals surface area contributed by atoms with Crippen molar-refractivity contribution in [3.8, 4) is 0 Å². The molecule has 2 unspecified atom stereocenters. The maximum absolute atomic E-state index is 11.5. The normalized spacial score (nSPS) is 36.3. The van der Waals surface area contributed by atoms with Gasteiger partial charge in [-0.2, -0.15) is 0 Å². The van der Waals surface area contributed by atoms with Crippen LogP contribution >= 0.6 is 0 Å². The molecule has 3 heteroatoms. The first kappa shape index (κ1) is 12.1. The third kappa shape index (κ3) is 2.64. The minimum Gasteiger partial charge on any atom is -0.375 e. The van der Waals surface area contributed by atoms with E-state index in [4.69, 9.17) is 4.74 Å². The summed E-state index contributed by atoms with van der Waals surface area (Å²) in [5, 5.41) is 0. The molecule has 2 aliphatic heterocycles. The summed E-state index contributed by atoms with van der Waals surface area (Å²) in [6.07, 6.45) is 2.94. The lowest BCUT2D eigenvalue weighted by molar-refractivity contribution is -0.128. The molecule has 2 fully saturated rings. The molecule has 92 valence electrons. The number of hydrogen-bond acceptors (Lipinski definition) is 3. The zero-order valence-corrected chi connectivity index (χ0v) is 10.7. The van der Waals surface area contributed by atoms with Crippen molar-refractivity contribution in [3.63, 3.8) is 0 Å². The second kappa shape index (κ2) is 4.46. The van der Waals surface area contributed by atoms with Gasteiger partial charge in [-0.05, 0) is 26.7 Å². The molecule has 2 heterocycles. The Balaban J connectivity index is 1.95. The van der Waals surface area contributed by atoms with Crippen LogP contribution in [0.2, 0.25) is 0 Å². The van der Waals surface area contributed by atoms with E-state index < -0.39 is 0 Å². The van der Waals surface area contributed by atoms with E-state index in [0.717, 1.165) is 39.0 Å². The summed E-state index contributed by atoms with van der Waals surface area (Å²) >= 11 is 0. The Hall–Kier alpha value is -0.410. The summed E-state index contributed by atoms with van der Waals surface area (Å²) < 4.78 is 5.74. The average molecular weight is 225 g/mol. The number of rotatable bonds is 1. The van der Waals surface area contributed by atoms with Crippen molar-refractivity contribution in [2.75, 3.05) is 19.7 Å². The largest absolute Gasteiger partial charge is 0.375 e. The van der Waals surface area contributed by atoms with Gasteiger partial charge in [0.05, 0.1) is 5.60 Å². The molecule has 16 heavy (non-hydrogen) atoms. The lowest BCUT2D eigenvalue weighted by Gasteiger charge is -2.43. The van der Waals surface area contributed by atoms with Gasteiger partial charge in [0.1, 0.15) is 5.78 Å².